The molecule has 26 heavy (non-hydrogen) atoms. The first kappa shape index (κ1) is 15.9. The Bertz CT molecular complexity index is 1180. The average Bonchev–Trinajstić information content (AvgIpc) is 2.65. The van der Waals surface area contributed by atoms with Gasteiger partial charge in [-0.15, -0.1) is 0 Å². The molecule has 0 saturated heterocycles. The van der Waals surface area contributed by atoms with Crippen molar-refractivity contribution < 1.29 is 4.74 Å². The molecule has 6 nitrogen and oxygen atoms in total. The SMILES string of the molecule is Cc1cc2c(c(=O)n1C)[C@H](c1ccnc3ccccc13)C(C#N)=C(N)O2. The molecule has 2 N–H and O–H groups in total. The van der Waals surface area contributed by atoms with Crippen LogP contribution in [-0.2, 0) is 7.05 Å². The molecule has 0 fully saturated rings. The fraction of sp³-hybridized carbons (Fsp3) is 0.150. The van der Waals surface area contributed by atoms with Crippen molar-refractivity contribution in [2.75, 3.05) is 0 Å². The molecule has 0 saturated carbocycles. The third kappa shape index (κ3) is 2.18. The van der Waals surface area contributed by atoms with Crippen LogP contribution in [0.3, 0.4) is 0 Å². The minimum absolute atomic E-state index is 0.0264. The van der Waals surface area contributed by atoms with Gasteiger partial charge in [0.2, 0.25) is 5.88 Å². The van der Waals surface area contributed by atoms with Crippen LogP contribution in [0.25, 0.3) is 10.9 Å². The van der Waals surface area contributed by atoms with Crippen LogP contribution in [-0.4, -0.2) is 9.55 Å². The lowest BCUT2D eigenvalue weighted by atomic mass is 9.82. The number of para-hydroxylation sites is 1. The van der Waals surface area contributed by atoms with Crippen LogP contribution < -0.4 is 16.0 Å². The second-order valence-electron chi connectivity index (χ2n) is 6.27. The number of hydrogen-bond donors (Lipinski definition) is 1. The van der Waals surface area contributed by atoms with Crippen molar-refractivity contribution in [2.45, 2.75) is 12.8 Å². The van der Waals surface area contributed by atoms with E-state index in [-0.39, 0.29) is 17.0 Å². The molecule has 0 bridgehead atoms. The monoisotopic (exact) mass is 344 g/mol. The molecule has 128 valence electrons. The number of ether oxygens (including phenoxy) is 1. The van der Waals surface area contributed by atoms with Crippen molar-refractivity contribution in [1.82, 2.24) is 9.55 Å². The Kier molecular flexibility index (Phi) is 3.51. The Morgan fingerprint density at radius 3 is 2.85 bits per heavy atom. The average molecular weight is 344 g/mol. The second kappa shape index (κ2) is 5.74. The summed E-state index contributed by atoms with van der Waals surface area (Å²) in [5, 5.41) is 10.6. The van der Waals surface area contributed by atoms with Crippen molar-refractivity contribution in [3.63, 3.8) is 0 Å². The molecule has 1 aliphatic heterocycles. The zero-order chi connectivity index (χ0) is 18.4. The lowest BCUT2D eigenvalue weighted by molar-refractivity contribution is 0.389. The molecule has 4 rings (SSSR count). The summed E-state index contributed by atoms with van der Waals surface area (Å²) in [7, 11) is 1.70. The molecule has 0 unspecified atom stereocenters. The van der Waals surface area contributed by atoms with Crippen LogP contribution in [0.2, 0.25) is 0 Å². The quantitative estimate of drug-likeness (QED) is 0.732. The summed E-state index contributed by atoms with van der Waals surface area (Å²) >= 11 is 0. The number of nitriles is 1. The van der Waals surface area contributed by atoms with Gasteiger partial charge >= 0.3 is 0 Å². The number of nitrogens with zero attached hydrogens (tertiary/aromatic N) is 3. The number of pyridine rings is 2. The first-order valence-electron chi connectivity index (χ1n) is 8.14. The maximum atomic E-state index is 13.0. The fourth-order valence-corrected chi connectivity index (χ4v) is 3.42. The van der Waals surface area contributed by atoms with Crippen molar-refractivity contribution in [3.8, 4) is 11.8 Å². The number of rotatable bonds is 1. The van der Waals surface area contributed by atoms with Gasteiger partial charge in [-0.3, -0.25) is 9.78 Å². The molecule has 0 radical (unpaired) electrons. The van der Waals surface area contributed by atoms with E-state index in [1.165, 1.54) is 0 Å². The molecule has 3 heterocycles. The number of hydrogen-bond acceptors (Lipinski definition) is 5. The number of allylic oxidation sites excluding steroid dienone is 1. The van der Waals surface area contributed by atoms with Gasteiger partial charge in [0.15, 0.2) is 0 Å². The predicted octanol–water partition coefficient (Wildman–Crippen LogP) is 2.46. The smallest absolute Gasteiger partial charge is 0.258 e. The minimum atomic E-state index is -0.601. The molecular formula is C20H16N4O2. The lowest BCUT2D eigenvalue weighted by Crippen LogP contribution is -2.31. The third-order valence-electron chi connectivity index (χ3n) is 4.85. The van der Waals surface area contributed by atoms with E-state index >= 15 is 0 Å². The van der Waals surface area contributed by atoms with Gasteiger partial charge in [-0.1, -0.05) is 18.2 Å². The lowest BCUT2D eigenvalue weighted by Gasteiger charge is -2.27. The van der Waals surface area contributed by atoms with E-state index in [1.54, 1.807) is 23.9 Å². The maximum Gasteiger partial charge on any atom is 0.258 e. The number of aryl methyl sites for hydroxylation is 1. The van der Waals surface area contributed by atoms with Crippen LogP contribution in [0.15, 0.2) is 58.8 Å². The summed E-state index contributed by atoms with van der Waals surface area (Å²) in [4.78, 5) is 17.4. The van der Waals surface area contributed by atoms with E-state index in [0.717, 1.165) is 22.2 Å². The highest BCUT2D eigenvalue weighted by atomic mass is 16.5. The van der Waals surface area contributed by atoms with E-state index in [1.807, 2.05) is 37.3 Å². The maximum absolute atomic E-state index is 13.0. The second-order valence-corrected chi connectivity index (χ2v) is 6.27. The van der Waals surface area contributed by atoms with E-state index in [9.17, 15) is 10.1 Å². The Morgan fingerprint density at radius 2 is 2.08 bits per heavy atom. The normalized spacial score (nSPS) is 16.1. The van der Waals surface area contributed by atoms with Gasteiger partial charge in [0, 0.05) is 30.4 Å². The van der Waals surface area contributed by atoms with Gasteiger partial charge < -0.3 is 15.0 Å². The molecule has 2 aromatic heterocycles. The third-order valence-corrected chi connectivity index (χ3v) is 4.85. The number of nitrogens with two attached hydrogens (primary N) is 1. The summed E-state index contributed by atoms with van der Waals surface area (Å²) in [6, 6.07) is 13.3. The summed E-state index contributed by atoms with van der Waals surface area (Å²) < 4.78 is 7.17. The standard InChI is InChI=1S/C20H16N4O2/c1-11-9-16-18(20(25)24(11)2)17(14(10-21)19(22)26-16)13-7-8-23-15-6-4-3-5-12(13)15/h3-9,17H,22H2,1-2H3/t17-/m1/s1. The zero-order valence-electron chi connectivity index (χ0n) is 14.4. The van der Waals surface area contributed by atoms with Crippen LogP contribution in [0, 0.1) is 18.3 Å². The molecule has 0 spiro atoms. The number of fused-ring (bicyclic) bond motifs is 2. The van der Waals surface area contributed by atoms with Gasteiger partial charge in [0.25, 0.3) is 5.56 Å². The molecule has 1 aliphatic rings. The Morgan fingerprint density at radius 1 is 1.31 bits per heavy atom. The van der Waals surface area contributed by atoms with E-state index < -0.39 is 5.92 Å². The van der Waals surface area contributed by atoms with Crippen molar-refractivity contribution >= 4 is 10.9 Å². The van der Waals surface area contributed by atoms with Crippen molar-refractivity contribution in [2.24, 2.45) is 12.8 Å². The topological polar surface area (TPSA) is 93.9 Å². The molecule has 1 aromatic carbocycles. The van der Waals surface area contributed by atoms with Gasteiger partial charge in [-0.2, -0.15) is 5.26 Å². The highest BCUT2D eigenvalue weighted by molar-refractivity contribution is 5.84. The first-order valence-corrected chi connectivity index (χ1v) is 8.14. The molecule has 3 aromatic rings. The van der Waals surface area contributed by atoms with Crippen LogP contribution >= 0.6 is 0 Å². The van der Waals surface area contributed by atoms with Gasteiger partial charge in [0.1, 0.15) is 17.4 Å². The minimum Gasteiger partial charge on any atom is -0.440 e. The number of aromatic nitrogens is 2. The Hall–Kier alpha value is -3.59. The zero-order valence-corrected chi connectivity index (χ0v) is 14.4. The van der Waals surface area contributed by atoms with Gasteiger partial charge in [0.05, 0.1) is 17.0 Å². The number of benzene rings is 1. The van der Waals surface area contributed by atoms with Crippen molar-refractivity contribution in [1.29, 1.82) is 5.26 Å². The molecule has 1 atom stereocenters. The van der Waals surface area contributed by atoms with Crippen LogP contribution in [0.5, 0.6) is 5.75 Å². The molecular weight excluding hydrogens is 328 g/mol. The van der Waals surface area contributed by atoms with E-state index in [4.69, 9.17) is 10.5 Å². The van der Waals surface area contributed by atoms with Crippen LogP contribution in [0.4, 0.5) is 0 Å². The fourth-order valence-electron chi connectivity index (χ4n) is 3.42. The summed E-state index contributed by atoms with van der Waals surface area (Å²) in [6.45, 7) is 1.82. The highest BCUT2D eigenvalue weighted by Crippen LogP contribution is 2.42. The van der Waals surface area contributed by atoms with Crippen LogP contribution in [0.1, 0.15) is 22.7 Å². The summed E-state index contributed by atoms with van der Waals surface area (Å²) in [5.74, 6) is -0.178. The Labute approximate surface area is 149 Å². The van der Waals surface area contributed by atoms with E-state index in [2.05, 4.69) is 11.1 Å². The van der Waals surface area contributed by atoms with Crippen molar-refractivity contribution in [3.05, 3.63) is 81.2 Å². The molecule has 0 aliphatic carbocycles. The van der Waals surface area contributed by atoms with E-state index in [0.29, 0.717) is 11.3 Å². The predicted molar refractivity (Wildman–Crippen MR) is 97.5 cm³/mol. The van der Waals surface area contributed by atoms with Gasteiger partial charge in [-0.25, -0.2) is 0 Å². The Balaban J connectivity index is 2.12. The molecule has 0 amide bonds. The first-order chi connectivity index (χ1) is 12.5. The molecule has 6 heteroatoms. The largest absolute Gasteiger partial charge is 0.440 e. The summed E-state index contributed by atoms with van der Waals surface area (Å²) in [6.07, 6.45) is 1.68. The summed E-state index contributed by atoms with van der Waals surface area (Å²) in [5.41, 5.74) is 8.82. The van der Waals surface area contributed by atoms with Gasteiger partial charge in [-0.05, 0) is 24.6 Å². The highest BCUT2D eigenvalue weighted by Gasteiger charge is 2.34.